The monoisotopic (exact) mass is 340 g/mol. The number of methoxy groups -OCH3 is 1. The molecule has 0 spiro atoms. The molecule has 0 saturated heterocycles. The molecule has 4 heteroatoms. The lowest BCUT2D eigenvalue weighted by molar-refractivity contribution is -0.132. The first-order chi connectivity index (χ1) is 12.2. The van der Waals surface area contributed by atoms with Crippen LogP contribution >= 0.6 is 0 Å². The summed E-state index contributed by atoms with van der Waals surface area (Å²) in [4.78, 5) is 14.8. The zero-order valence-electron chi connectivity index (χ0n) is 15.2. The zero-order chi connectivity index (χ0) is 18.1. The number of nitrogens with two attached hydrogens (primary N) is 1. The van der Waals surface area contributed by atoms with Crippen molar-refractivity contribution in [1.82, 2.24) is 4.90 Å². The van der Waals surface area contributed by atoms with E-state index in [9.17, 15) is 4.79 Å². The number of ether oxygens (including phenoxy) is 1. The van der Waals surface area contributed by atoms with E-state index in [2.05, 4.69) is 6.92 Å². The third-order valence-corrected chi connectivity index (χ3v) is 4.35. The number of rotatable bonds is 9. The number of amides is 1. The number of hydrogen-bond acceptors (Lipinski definition) is 3. The van der Waals surface area contributed by atoms with Gasteiger partial charge in [0.1, 0.15) is 5.75 Å². The second-order valence-electron chi connectivity index (χ2n) is 6.29. The molecule has 4 nitrogen and oxygen atoms in total. The topological polar surface area (TPSA) is 55.6 Å². The second-order valence-corrected chi connectivity index (χ2v) is 6.29. The van der Waals surface area contributed by atoms with Gasteiger partial charge in [-0.3, -0.25) is 4.79 Å². The smallest absolute Gasteiger partial charge is 0.223 e. The first-order valence-corrected chi connectivity index (χ1v) is 8.80. The molecule has 0 aromatic heterocycles. The first-order valence-electron chi connectivity index (χ1n) is 8.80. The van der Waals surface area contributed by atoms with Gasteiger partial charge in [0.2, 0.25) is 5.91 Å². The predicted molar refractivity (Wildman–Crippen MR) is 102 cm³/mol. The van der Waals surface area contributed by atoms with Gasteiger partial charge < -0.3 is 15.4 Å². The minimum Gasteiger partial charge on any atom is -0.496 e. The van der Waals surface area contributed by atoms with Crippen molar-refractivity contribution in [2.24, 2.45) is 5.73 Å². The van der Waals surface area contributed by atoms with Crippen molar-refractivity contribution < 1.29 is 9.53 Å². The lowest BCUT2D eigenvalue weighted by atomic mass is 9.96. The van der Waals surface area contributed by atoms with E-state index in [0.29, 0.717) is 26.1 Å². The molecule has 1 amide bonds. The Morgan fingerprint density at radius 3 is 2.48 bits per heavy atom. The summed E-state index contributed by atoms with van der Waals surface area (Å²) in [5, 5.41) is 0. The van der Waals surface area contributed by atoms with Gasteiger partial charge in [-0.1, -0.05) is 55.5 Å². The number of hydrogen-bond donors (Lipinski definition) is 1. The van der Waals surface area contributed by atoms with Gasteiger partial charge in [0.05, 0.1) is 7.11 Å². The van der Waals surface area contributed by atoms with Crippen LogP contribution in [0.3, 0.4) is 0 Å². The van der Waals surface area contributed by atoms with Crippen molar-refractivity contribution >= 4 is 5.91 Å². The third kappa shape index (κ3) is 5.61. The summed E-state index contributed by atoms with van der Waals surface area (Å²) in [7, 11) is 1.66. The summed E-state index contributed by atoms with van der Waals surface area (Å²) in [5.41, 5.74) is 7.85. The Hall–Kier alpha value is -2.33. The molecular formula is C21H28N2O2. The molecule has 0 bridgehead atoms. The molecule has 1 atom stereocenters. The number of carbonyl (C=O) groups is 1. The maximum atomic E-state index is 12.9. The van der Waals surface area contributed by atoms with Gasteiger partial charge in [0, 0.05) is 19.5 Å². The largest absolute Gasteiger partial charge is 0.496 e. The van der Waals surface area contributed by atoms with E-state index < -0.39 is 0 Å². The van der Waals surface area contributed by atoms with Crippen molar-refractivity contribution in [2.45, 2.75) is 32.2 Å². The molecule has 0 saturated carbocycles. The van der Waals surface area contributed by atoms with Crippen LogP contribution in [0.4, 0.5) is 0 Å². The fourth-order valence-electron chi connectivity index (χ4n) is 2.95. The molecule has 0 heterocycles. The SMILES string of the molecule is COc1ccccc1C(C)CC(=O)N(CCCN)Cc1ccccc1. The highest BCUT2D eigenvalue weighted by Crippen LogP contribution is 2.29. The van der Waals surface area contributed by atoms with Crippen LogP contribution in [-0.2, 0) is 11.3 Å². The van der Waals surface area contributed by atoms with Crippen LogP contribution in [-0.4, -0.2) is 31.0 Å². The Balaban J connectivity index is 2.07. The number of benzene rings is 2. The molecule has 1 unspecified atom stereocenters. The van der Waals surface area contributed by atoms with Gasteiger partial charge in [0.25, 0.3) is 0 Å². The van der Waals surface area contributed by atoms with Gasteiger partial charge in [0.15, 0.2) is 0 Å². The summed E-state index contributed by atoms with van der Waals surface area (Å²) in [6, 6.07) is 18.0. The molecule has 2 aromatic rings. The van der Waals surface area contributed by atoms with Crippen LogP contribution in [0, 0.1) is 0 Å². The van der Waals surface area contributed by atoms with Crippen molar-refractivity contribution in [3.63, 3.8) is 0 Å². The Bertz CT molecular complexity index is 658. The summed E-state index contributed by atoms with van der Waals surface area (Å²) in [5.74, 6) is 1.08. The third-order valence-electron chi connectivity index (χ3n) is 4.35. The number of para-hydroxylation sites is 1. The van der Waals surface area contributed by atoms with E-state index in [1.165, 1.54) is 0 Å². The fraction of sp³-hybridized carbons (Fsp3) is 0.381. The summed E-state index contributed by atoms with van der Waals surface area (Å²) in [6.45, 7) is 3.96. The molecule has 0 radical (unpaired) electrons. The number of nitrogens with zero attached hydrogens (tertiary/aromatic N) is 1. The molecular weight excluding hydrogens is 312 g/mol. The van der Waals surface area contributed by atoms with Crippen molar-refractivity contribution in [3.05, 3.63) is 65.7 Å². The molecule has 0 aliphatic heterocycles. The van der Waals surface area contributed by atoms with E-state index in [1.54, 1.807) is 7.11 Å². The van der Waals surface area contributed by atoms with E-state index in [4.69, 9.17) is 10.5 Å². The Morgan fingerprint density at radius 2 is 1.80 bits per heavy atom. The molecule has 25 heavy (non-hydrogen) atoms. The highest BCUT2D eigenvalue weighted by Gasteiger charge is 2.19. The van der Waals surface area contributed by atoms with E-state index in [1.807, 2.05) is 59.5 Å². The summed E-state index contributed by atoms with van der Waals surface area (Å²) < 4.78 is 5.43. The van der Waals surface area contributed by atoms with Crippen LogP contribution < -0.4 is 10.5 Å². The van der Waals surface area contributed by atoms with Gasteiger partial charge in [-0.2, -0.15) is 0 Å². The number of carbonyl (C=O) groups excluding carboxylic acids is 1. The van der Waals surface area contributed by atoms with Crippen molar-refractivity contribution in [2.75, 3.05) is 20.2 Å². The van der Waals surface area contributed by atoms with Crippen molar-refractivity contribution in [3.8, 4) is 5.75 Å². The molecule has 2 N–H and O–H groups in total. The van der Waals surface area contributed by atoms with Crippen LogP contribution in [0.2, 0.25) is 0 Å². The average Bonchev–Trinajstić information content (AvgIpc) is 2.65. The van der Waals surface area contributed by atoms with Gasteiger partial charge in [-0.15, -0.1) is 0 Å². The van der Waals surface area contributed by atoms with Crippen LogP contribution in [0.25, 0.3) is 0 Å². The predicted octanol–water partition coefficient (Wildman–Crippen LogP) is 3.57. The van der Waals surface area contributed by atoms with Gasteiger partial charge in [-0.05, 0) is 36.1 Å². The Labute approximate surface area is 150 Å². The summed E-state index contributed by atoms with van der Waals surface area (Å²) in [6.07, 6.45) is 1.26. The Kier molecular flexibility index (Phi) is 7.48. The first kappa shape index (κ1) is 19.0. The zero-order valence-corrected chi connectivity index (χ0v) is 15.2. The van der Waals surface area contributed by atoms with Crippen LogP contribution in [0.15, 0.2) is 54.6 Å². The fourth-order valence-corrected chi connectivity index (χ4v) is 2.95. The molecule has 2 aromatic carbocycles. The lowest BCUT2D eigenvalue weighted by Gasteiger charge is -2.25. The molecule has 0 aliphatic rings. The maximum Gasteiger partial charge on any atom is 0.223 e. The molecule has 2 rings (SSSR count). The second kappa shape index (κ2) is 9.84. The normalized spacial score (nSPS) is 11.8. The quantitative estimate of drug-likeness (QED) is 0.759. The van der Waals surface area contributed by atoms with Gasteiger partial charge in [-0.25, -0.2) is 0 Å². The highest BCUT2D eigenvalue weighted by atomic mass is 16.5. The molecule has 0 aliphatic carbocycles. The maximum absolute atomic E-state index is 12.9. The minimum atomic E-state index is 0.0970. The van der Waals surface area contributed by atoms with Gasteiger partial charge >= 0.3 is 0 Å². The highest BCUT2D eigenvalue weighted by molar-refractivity contribution is 5.77. The van der Waals surface area contributed by atoms with Crippen molar-refractivity contribution in [1.29, 1.82) is 0 Å². The van der Waals surface area contributed by atoms with E-state index in [-0.39, 0.29) is 11.8 Å². The molecule has 0 fully saturated rings. The van der Waals surface area contributed by atoms with E-state index in [0.717, 1.165) is 23.3 Å². The van der Waals surface area contributed by atoms with Crippen LogP contribution in [0.5, 0.6) is 5.75 Å². The van der Waals surface area contributed by atoms with Crippen LogP contribution in [0.1, 0.15) is 36.8 Å². The Morgan fingerprint density at radius 1 is 1.12 bits per heavy atom. The average molecular weight is 340 g/mol. The van der Waals surface area contributed by atoms with E-state index >= 15 is 0 Å². The molecule has 134 valence electrons. The standard InChI is InChI=1S/C21H28N2O2/c1-17(19-11-6-7-12-20(19)25-2)15-21(24)23(14-8-13-22)16-18-9-4-3-5-10-18/h3-7,9-12,17H,8,13-16,22H2,1-2H3. The summed E-state index contributed by atoms with van der Waals surface area (Å²) >= 11 is 0. The lowest BCUT2D eigenvalue weighted by Crippen LogP contribution is -2.33. The minimum absolute atomic E-state index is 0.0970.